The van der Waals surface area contributed by atoms with Gasteiger partial charge in [-0.2, -0.15) is 0 Å². The van der Waals surface area contributed by atoms with Gasteiger partial charge >= 0.3 is 0 Å². The summed E-state index contributed by atoms with van der Waals surface area (Å²) in [5, 5.41) is 6.08. The van der Waals surface area contributed by atoms with Gasteiger partial charge in [0.05, 0.1) is 0 Å². The molecule has 4 aromatic rings. The van der Waals surface area contributed by atoms with Crippen molar-refractivity contribution in [2.75, 3.05) is 0 Å². The molecule has 1 unspecified atom stereocenters. The van der Waals surface area contributed by atoms with Gasteiger partial charge in [-0.1, -0.05) is 133 Å². The topological polar surface area (TPSA) is 0 Å². The Hall–Kier alpha value is -2.52. The molecule has 4 aromatic carbocycles. The van der Waals surface area contributed by atoms with Crippen molar-refractivity contribution in [1.82, 2.24) is 0 Å². The molecule has 0 spiro atoms. The summed E-state index contributed by atoms with van der Waals surface area (Å²) in [5.41, 5.74) is 3.01. The van der Waals surface area contributed by atoms with Gasteiger partial charge in [0.25, 0.3) is 0 Å². The van der Waals surface area contributed by atoms with Gasteiger partial charge in [0, 0.05) is 11.3 Å². The van der Waals surface area contributed by atoms with Crippen LogP contribution in [0, 0.1) is 5.92 Å². The summed E-state index contributed by atoms with van der Waals surface area (Å²) < 4.78 is 0. The number of fused-ring (bicyclic) bond motifs is 2. The molecule has 2 heteroatoms. The summed E-state index contributed by atoms with van der Waals surface area (Å²) in [5.74, 6) is 0.758. The van der Waals surface area contributed by atoms with E-state index in [-0.39, 0.29) is 0 Å². The van der Waals surface area contributed by atoms with E-state index in [1.54, 1.807) is 5.57 Å². The average molecular weight is 463 g/mol. The fourth-order valence-electron chi connectivity index (χ4n) is 5.74. The highest BCUT2D eigenvalue weighted by atomic mass is 31.1. The Morgan fingerprint density at radius 1 is 0.485 bits per heavy atom. The van der Waals surface area contributed by atoms with Gasteiger partial charge in [0.1, 0.15) is 0 Å². The second-order valence-electron chi connectivity index (χ2n) is 9.00. The van der Waals surface area contributed by atoms with Gasteiger partial charge < -0.3 is 0 Å². The first-order chi connectivity index (χ1) is 16.4. The highest BCUT2D eigenvalue weighted by Crippen LogP contribution is 2.64. The van der Waals surface area contributed by atoms with E-state index in [1.807, 2.05) is 0 Å². The summed E-state index contributed by atoms with van der Waals surface area (Å²) in [6, 6.07) is 45.4. The van der Waals surface area contributed by atoms with E-state index in [0.29, 0.717) is 11.3 Å². The summed E-state index contributed by atoms with van der Waals surface area (Å²) in [4.78, 5) is 0. The Kier molecular flexibility index (Phi) is 5.98. The van der Waals surface area contributed by atoms with Crippen LogP contribution in [0.15, 0.2) is 133 Å². The molecule has 33 heavy (non-hydrogen) atoms. The minimum absolute atomic E-state index is 0.444. The lowest BCUT2D eigenvalue weighted by Crippen LogP contribution is -2.36. The first-order valence-electron chi connectivity index (χ1n) is 11.9. The fourth-order valence-corrected chi connectivity index (χ4v) is 12.7. The molecule has 0 saturated heterocycles. The van der Waals surface area contributed by atoms with Crippen molar-refractivity contribution < 1.29 is 0 Å². The number of allylic oxidation sites excluding steroid dienone is 2. The molecule has 0 nitrogen and oxygen atoms in total. The van der Waals surface area contributed by atoms with Crippen LogP contribution in [-0.2, 0) is 0 Å². The van der Waals surface area contributed by atoms with Crippen LogP contribution in [-0.4, -0.2) is 11.3 Å². The van der Waals surface area contributed by atoms with Gasteiger partial charge in [-0.25, -0.2) is 0 Å². The molecule has 162 valence electrons. The third-order valence-electron chi connectivity index (χ3n) is 7.08. The van der Waals surface area contributed by atoms with Crippen molar-refractivity contribution in [3.05, 3.63) is 133 Å². The van der Waals surface area contributed by atoms with Gasteiger partial charge in [-0.05, 0) is 55.8 Å². The smallest absolute Gasteiger partial charge is 0.0157 e. The maximum atomic E-state index is 2.59. The third-order valence-corrected chi connectivity index (χ3v) is 13.3. The van der Waals surface area contributed by atoms with Crippen molar-refractivity contribution in [2.45, 2.75) is 24.2 Å². The predicted octanol–water partition coefficient (Wildman–Crippen LogP) is 6.34. The Bertz CT molecular complexity index is 1140. The van der Waals surface area contributed by atoms with Crippen molar-refractivity contribution in [3.8, 4) is 0 Å². The molecule has 0 amide bonds. The lowest BCUT2D eigenvalue weighted by atomic mass is 10.1. The average Bonchev–Trinajstić information content (AvgIpc) is 3.50. The molecular weight excluding hydrogens is 434 g/mol. The van der Waals surface area contributed by atoms with E-state index < -0.39 is 15.8 Å². The molecule has 0 radical (unpaired) electrons. The quantitative estimate of drug-likeness (QED) is 0.232. The zero-order valence-corrected chi connectivity index (χ0v) is 20.5. The third kappa shape index (κ3) is 4.01. The van der Waals surface area contributed by atoms with Crippen LogP contribution in [0.3, 0.4) is 0 Å². The van der Waals surface area contributed by atoms with Gasteiger partial charge in [-0.3, -0.25) is 0 Å². The van der Waals surface area contributed by atoms with E-state index in [0.717, 1.165) is 5.92 Å². The van der Waals surface area contributed by atoms with E-state index in [1.165, 1.54) is 34.1 Å². The number of hydrogen-bond donors (Lipinski definition) is 0. The Morgan fingerprint density at radius 2 is 0.879 bits per heavy atom. The zero-order chi connectivity index (χ0) is 22.0. The molecule has 1 fully saturated rings. The van der Waals surface area contributed by atoms with Crippen LogP contribution in [0.4, 0.5) is 0 Å². The molecular formula is C31H28P2. The van der Waals surface area contributed by atoms with Crippen LogP contribution in [0.25, 0.3) is 0 Å². The van der Waals surface area contributed by atoms with E-state index in [4.69, 9.17) is 0 Å². The molecule has 2 bridgehead atoms. The molecule has 0 N–H and O–H groups in total. The van der Waals surface area contributed by atoms with Crippen LogP contribution in [0.1, 0.15) is 12.8 Å². The van der Waals surface area contributed by atoms with Crippen LogP contribution < -0.4 is 21.2 Å². The summed E-state index contributed by atoms with van der Waals surface area (Å²) in [6.07, 6.45) is 5.13. The predicted molar refractivity (Wildman–Crippen MR) is 147 cm³/mol. The lowest BCUT2D eigenvalue weighted by molar-refractivity contribution is 0.589. The first-order valence-corrected chi connectivity index (χ1v) is 14.7. The molecule has 0 heterocycles. The zero-order valence-electron chi connectivity index (χ0n) is 18.7. The summed E-state index contributed by atoms with van der Waals surface area (Å²) in [7, 11) is -0.915. The lowest BCUT2D eigenvalue weighted by Gasteiger charge is -2.40. The van der Waals surface area contributed by atoms with Crippen LogP contribution >= 0.6 is 15.8 Å². The fraction of sp³-hybridized carbons (Fsp3) is 0.161. The number of hydrogen-bond acceptors (Lipinski definition) is 0. The molecule has 2 aliphatic carbocycles. The van der Waals surface area contributed by atoms with Crippen molar-refractivity contribution in [1.29, 1.82) is 0 Å². The Balaban J connectivity index is 1.53. The van der Waals surface area contributed by atoms with Gasteiger partial charge in [0.2, 0.25) is 0 Å². The van der Waals surface area contributed by atoms with E-state index in [9.17, 15) is 0 Å². The SMILES string of the molecule is C1=C2CC(C1)[C@@H](P(c1ccccc1)c1ccccc1)[C@@H]2P(c1ccccc1)c1ccccc1. The highest BCUT2D eigenvalue weighted by molar-refractivity contribution is 7.77. The number of rotatable bonds is 6. The maximum Gasteiger partial charge on any atom is 0.0157 e. The van der Waals surface area contributed by atoms with Crippen molar-refractivity contribution in [2.24, 2.45) is 5.92 Å². The standard InChI is InChI=1S/C31H28P2/c1-5-13-26(14-6-1)32(27-15-7-2-8-16-27)30-24-21-22-25(23-24)31(30)33(28-17-9-3-10-18-28)29-19-11-4-12-20-29/h1-21,25,30-31H,22-23H2/t25?,30-,31-/m1/s1. The molecule has 1 saturated carbocycles. The highest BCUT2D eigenvalue weighted by Gasteiger charge is 2.50. The molecule has 0 aliphatic heterocycles. The Morgan fingerprint density at radius 3 is 1.30 bits per heavy atom. The van der Waals surface area contributed by atoms with Gasteiger partial charge in [0.15, 0.2) is 0 Å². The molecule has 2 aliphatic rings. The van der Waals surface area contributed by atoms with E-state index in [2.05, 4.69) is 127 Å². The molecule has 6 rings (SSSR count). The van der Waals surface area contributed by atoms with Crippen LogP contribution in [0.2, 0.25) is 0 Å². The summed E-state index contributed by atoms with van der Waals surface area (Å²) in [6.45, 7) is 0. The second kappa shape index (κ2) is 9.38. The van der Waals surface area contributed by atoms with Gasteiger partial charge in [-0.15, -0.1) is 0 Å². The maximum absolute atomic E-state index is 2.59. The Labute approximate surface area is 199 Å². The molecule has 3 atom stereocenters. The largest absolute Gasteiger partial charge is 0.0843 e. The van der Waals surface area contributed by atoms with Crippen molar-refractivity contribution >= 4 is 37.1 Å². The normalized spacial score (nSPS) is 21.5. The number of benzene rings is 4. The minimum atomic E-state index is -0.471. The van der Waals surface area contributed by atoms with E-state index >= 15 is 0 Å². The first kappa shape index (κ1) is 21.0. The van der Waals surface area contributed by atoms with Crippen molar-refractivity contribution in [3.63, 3.8) is 0 Å². The minimum Gasteiger partial charge on any atom is -0.0843 e. The summed E-state index contributed by atoms with van der Waals surface area (Å²) >= 11 is 0. The molecule has 0 aromatic heterocycles. The van der Waals surface area contributed by atoms with Crippen LogP contribution in [0.5, 0.6) is 0 Å². The second-order valence-corrected chi connectivity index (χ2v) is 13.7. The monoisotopic (exact) mass is 462 g/mol.